The largest absolute Gasteiger partial charge is 0.760 e. The van der Waals surface area contributed by atoms with Crippen LogP contribution in [0.3, 0.4) is 0 Å². The van der Waals surface area contributed by atoms with E-state index in [1.807, 2.05) is 30.3 Å². The molecule has 0 radical (unpaired) electrons. The van der Waals surface area contributed by atoms with Gasteiger partial charge in [-0.2, -0.15) is 0 Å². The Kier molecular flexibility index (Phi) is 3.97. The van der Waals surface area contributed by atoms with Crippen LogP contribution in [0.25, 0.3) is 16.0 Å². The van der Waals surface area contributed by atoms with Gasteiger partial charge in [-0.05, 0) is 24.3 Å². The van der Waals surface area contributed by atoms with Crippen molar-refractivity contribution in [2.45, 2.75) is 6.54 Å². The second kappa shape index (κ2) is 5.90. The fourth-order valence-corrected chi connectivity index (χ4v) is 3.17. The Hall–Kier alpha value is -1.81. The highest BCUT2D eigenvalue weighted by molar-refractivity contribution is 7.77. The lowest BCUT2D eigenvalue weighted by atomic mass is 10.3. The van der Waals surface area contributed by atoms with E-state index in [4.69, 9.17) is 4.74 Å². The van der Waals surface area contributed by atoms with Crippen LogP contribution < -0.4 is 9.46 Å². The molecule has 1 atom stereocenters. The summed E-state index contributed by atoms with van der Waals surface area (Å²) in [6.45, 7) is 0.265. The molecule has 1 unspecified atom stereocenters. The fourth-order valence-electron chi connectivity index (χ4n) is 1.90. The van der Waals surface area contributed by atoms with E-state index in [1.54, 1.807) is 11.8 Å². The quantitative estimate of drug-likeness (QED) is 0.716. The van der Waals surface area contributed by atoms with Gasteiger partial charge < -0.3 is 9.29 Å². The number of nitrogens with zero attached hydrogens (tertiary/aromatic N) is 3. The number of hydrogen-bond donors (Lipinski definition) is 1. The van der Waals surface area contributed by atoms with Crippen LogP contribution in [0, 0.1) is 0 Å². The van der Waals surface area contributed by atoms with Gasteiger partial charge in [0.15, 0.2) is 0 Å². The van der Waals surface area contributed by atoms with Gasteiger partial charge in [0.2, 0.25) is 0 Å². The van der Waals surface area contributed by atoms with Crippen molar-refractivity contribution in [1.29, 1.82) is 0 Å². The van der Waals surface area contributed by atoms with Crippen LogP contribution >= 0.6 is 11.3 Å². The zero-order valence-corrected chi connectivity index (χ0v) is 12.6. The van der Waals surface area contributed by atoms with Crippen molar-refractivity contribution < 1.29 is 13.5 Å². The number of ether oxygens (including phenoxy) is 1. The third-order valence-electron chi connectivity index (χ3n) is 2.87. The molecule has 9 heteroatoms. The summed E-state index contributed by atoms with van der Waals surface area (Å²) in [4.78, 5) is 0.895. The summed E-state index contributed by atoms with van der Waals surface area (Å²) in [5.74, 6) is 0.726. The molecule has 2 heterocycles. The van der Waals surface area contributed by atoms with Crippen molar-refractivity contribution in [1.82, 2.24) is 19.7 Å². The SMILES string of the molecule is COc1ccc2c(c1)nnn2-c1ccc(CNS(=O)[O-])s1. The minimum atomic E-state index is -2.26. The van der Waals surface area contributed by atoms with Gasteiger partial charge in [0, 0.05) is 28.8 Å². The van der Waals surface area contributed by atoms with Gasteiger partial charge in [-0.3, -0.25) is 4.21 Å². The molecule has 0 saturated carbocycles. The van der Waals surface area contributed by atoms with Gasteiger partial charge >= 0.3 is 0 Å². The number of fused-ring (bicyclic) bond motifs is 1. The molecule has 3 rings (SSSR count). The highest BCUT2D eigenvalue weighted by atomic mass is 32.2. The molecule has 0 fully saturated rings. The smallest absolute Gasteiger partial charge is 0.121 e. The highest BCUT2D eigenvalue weighted by Crippen LogP contribution is 2.25. The Balaban J connectivity index is 1.91. The maximum Gasteiger partial charge on any atom is 0.121 e. The third kappa shape index (κ3) is 2.95. The van der Waals surface area contributed by atoms with Crippen molar-refractivity contribution >= 4 is 33.6 Å². The standard InChI is InChI=1S/C12H12N4O3S2/c1-19-8-2-4-11-10(6-8)14-15-16(11)12-5-3-9(20-12)7-13-21(17)18/h2-6,13H,7H2,1H3,(H,17,18)/p-1. The third-order valence-corrected chi connectivity index (χ3v) is 4.31. The number of aromatic nitrogens is 3. The Bertz CT molecular complexity index is 799. The lowest BCUT2D eigenvalue weighted by molar-refractivity contribution is 0.415. The fraction of sp³-hybridized carbons (Fsp3) is 0.167. The van der Waals surface area contributed by atoms with Gasteiger partial charge in [-0.25, -0.2) is 9.40 Å². The van der Waals surface area contributed by atoms with E-state index in [0.717, 1.165) is 26.7 Å². The molecule has 0 aliphatic heterocycles. The van der Waals surface area contributed by atoms with Gasteiger partial charge in [-0.1, -0.05) is 5.21 Å². The van der Waals surface area contributed by atoms with E-state index >= 15 is 0 Å². The van der Waals surface area contributed by atoms with Gasteiger partial charge in [-0.15, -0.1) is 16.4 Å². The molecule has 0 bridgehead atoms. The molecular formula is C12H11N4O3S2-. The van der Waals surface area contributed by atoms with Crippen molar-refractivity contribution in [3.05, 3.63) is 35.2 Å². The molecule has 2 aromatic heterocycles. The summed E-state index contributed by atoms with van der Waals surface area (Å²) < 4.78 is 30.2. The number of benzene rings is 1. The minimum Gasteiger partial charge on any atom is -0.760 e. The number of thiophene rings is 1. The van der Waals surface area contributed by atoms with E-state index in [0.29, 0.717) is 0 Å². The maximum atomic E-state index is 10.5. The van der Waals surface area contributed by atoms with Crippen LogP contribution in [0.4, 0.5) is 0 Å². The average molecular weight is 323 g/mol. The zero-order chi connectivity index (χ0) is 14.8. The van der Waals surface area contributed by atoms with Crippen LogP contribution in [0.2, 0.25) is 0 Å². The number of hydrogen-bond acceptors (Lipinski definition) is 6. The first-order chi connectivity index (χ1) is 10.2. The molecule has 7 nitrogen and oxygen atoms in total. The topological polar surface area (TPSA) is 92.1 Å². The Labute approximate surface area is 127 Å². The lowest BCUT2D eigenvalue weighted by Gasteiger charge is -2.04. The van der Waals surface area contributed by atoms with Crippen molar-refractivity contribution in [3.8, 4) is 10.8 Å². The van der Waals surface area contributed by atoms with Gasteiger partial charge in [0.25, 0.3) is 0 Å². The second-order valence-corrected chi connectivity index (χ2v) is 6.06. The van der Waals surface area contributed by atoms with E-state index in [1.165, 1.54) is 11.3 Å². The zero-order valence-electron chi connectivity index (χ0n) is 11.0. The molecule has 0 amide bonds. The first-order valence-corrected chi connectivity index (χ1v) is 7.88. The van der Waals surface area contributed by atoms with E-state index in [9.17, 15) is 8.76 Å². The molecular weight excluding hydrogens is 312 g/mol. The van der Waals surface area contributed by atoms with Crippen molar-refractivity contribution in [2.75, 3.05) is 7.11 Å². The maximum absolute atomic E-state index is 10.5. The second-order valence-electron chi connectivity index (χ2n) is 4.15. The van der Waals surface area contributed by atoms with Gasteiger partial charge in [0.1, 0.15) is 16.3 Å². The summed E-state index contributed by atoms with van der Waals surface area (Å²) in [5, 5.41) is 9.11. The molecule has 1 aromatic carbocycles. The van der Waals surface area contributed by atoms with Crippen molar-refractivity contribution in [2.24, 2.45) is 0 Å². The van der Waals surface area contributed by atoms with E-state index in [-0.39, 0.29) is 6.54 Å². The molecule has 0 saturated heterocycles. The molecule has 110 valence electrons. The molecule has 21 heavy (non-hydrogen) atoms. The van der Waals surface area contributed by atoms with Crippen molar-refractivity contribution in [3.63, 3.8) is 0 Å². The number of rotatable bonds is 5. The summed E-state index contributed by atoms with van der Waals surface area (Å²) in [7, 11) is 1.60. The van der Waals surface area contributed by atoms with Crippen LogP contribution in [0.5, 0.6) is 5.75 Å². The normalized spacial score (nSPS) is 12.7. The Morgan fingerprint density at radius 3 is 3.05 bits per heavy atom. The molecule has 0 aliphatic rings. The Morgan fingerprint density at radius 1 is 1.43 bits per heavy atom. The van der Waals surface area contributed by atoms with E-state index in [2.05, 4.69) is 15.0 Å². The summed E-state index contributed by atoms with van der Waals surface area (Å²) in [6.07, 6.45) is 0. The monoisotopic (exact) mass is 323 g/mol. The predicted molar refractivity (Wildman–Crippen MR) is 79.1 cm³/mol. The van der Waals surface area contributed by atoms with Crippen LogP contribution in [0.15, 0.2) is 30.3 Å². The first-order valence-electron chi connectivity index (χ1n) is 5.98. The molecule has 3 aromatic rings. The number of nitrogens with one attached hydrogen (secondary N) is 1. The summed E-state index contributed by atoms with van der Waals surface area (Å²) >= 11 is -0.811. The summed E-state index contributed by atoms with van der Waals surface area (Å²) in [6, 6.07) is 9.29. The van der Waals surface area contributed by atoms with Crippen LogP contribution in [0.1, 0.15) is 4.88 Å². The van der Waals surface area contributed by atoms with Crippen LogP contribution in [-0.2, 0) is 17.8 Å². The minimum absolute atomic E-state index is 0.265. The predicted octanol–water partition coefficient (Wildman–Crippen LogP) is 1.37. The van der Waals surface area contributed by atoms with Crippen LogP contribution in [-0.4, -0.2) is 30.9 Å². The Morgan fingerprint density at radius 2 is 2.29 bits per heavy atom. The molecule has 0 aliphatic carbocycles. The molecule has 0 spiro atoms. The highest BCUT2D eigenvalue weighted by Gasteiger charge is 2.09. The lowest BCUT2D eigenvalue weighted by Crippen LogP contribution is -2.14. The van der Waals surface area contributed by atoms with Gasteiger partial charge in [0.05, 0.1) is 12.6 Å². The molecule has 1 N–H and O–H groups in total. The summed E-state index contributed by atoms with van der Waals surface area (Å²) in [5.41, 5.74) is 1.60. The first kappa shape index (κ1) is 14.1. The van der Waals surface area contributed by atoms with E-state index < -0.39 is 11.3 Å². The number of methoxy groups -OCH3 is 1. The average Bonchev–Trinajstić information content (AvgIpc) is 3.10.